The summed E-state index contributed by atoms with van der Waals surface area (Å²) >= 11 is 0. The number of nitrogens with zero attached hydrogens (tertiary/aromatic N) is 4. The molecule has 3 heterocycles. The minimum atomic E-state index is -0.241. The zero-order valence-corrected chi connectivity index (χ0v) is 15.0. The van der Waals surface area contributed by atoms with Gasteiger partial charge in [0.05, 0.1) is 11.0 Å². The van der Waals surface area contributed by atoms with Crippen molar-refractivity contribution in [3.05, 3.63) is 36.7 Å². The lowest BCUT2D eigenvalue weighted by atomic mass is 9.85. The van der Waals surface area contributed by atoms with Crippen molar-refractivity contribution in [2.45, 2.75) is 31.7 Å². The van der Waals surface area contributed by atoms with E-state index in [2.05, 4.69) is 30.6 Å². The lowest BCUT2D eigenvalue weighted by Crippen LogP contribution is -2.40. The number of rotatable bonds is 4. The Bertz CT molecular complexity index is 955. The van der Waals surface area contributed by atoms with Crippen molar-refractivity contribution in [2.24, 2.45) is 5.92 Å². The predicted molar refractivity (Wildman–Crippen MR) is 98.3 cm³/mol. The van der Waals surface area contributed by atoms with Crippen LogP contribution in [0.15, 0.2) is 31.0 Å². The highest BCUT2D eigenvalue weighted by Gasteiger charge is 2.27. The molecule has 0 saturated heterocycles. The second kappa shape index (κ2) is 7.18. The Balaban J connectivity index is 1.53. The highest BCUT2D eigenvalue weighted by molar-refractivity contribution is 6.03. The summed E-state index contributed by atoms with van der Waals surface area (Å²) in [6.07, 6.45) is 9.79. The Hall–Kier alpha value is -3.23. The maximum absolute atomic E-state index is 12.9. The van der Waals surface area contributed by atoms with Gasteiger partial charge in [0.25, 0.3) is 5.91 Å². The summed E-state index contributed by atoms with van der Waals surface area (Å²) in [4.78, 5) is 40.6. The third kappa shape index (κ3) is 3.40. The van der Waals surface area contributed by atoms with E-state index >= 15 is 0 Å². The number of carbonyl (C=O) groups is 2. The highest BCUT2D eigenvalue weighted by atomic mass is 16.2. The summed E-state index contributed by atoms with van der Waals surface area (Å²) < 4.78 is 1.66. The highest BCUT2D eigenvalue weighted by Crippen LogP contribution is 2.25. The van der Waals surface area contributed by atoms with E-state index in [1.807, 2.05) is 6.07 Å². The summed E-state index contributed by atoms with van der Waals surface area (Å²) in [6.45, 7) is 0. The zero-order valence-electron chi connectivity index (χ0n) is 15.0. The lowest BCUT2D eigenvalue weighted by Gasteiger charge is -2.28. The molecule has 0 aromatic carbocycles. The first kappa shape index (κ1) is 17.2. The first-order valence-electron chi connectivity index (χ1n) is 9.01. The van der Waals surface area contributed by atoms with E-state index in [1.54, 1.807) is 36.5 Å². The largest absolute Gasteiger partial charge is 0.359 e. The van der Waals surface area contributed by atoms with Crippen molar-refractivity contribution in [1.29, 1.82) is 0 Å². The van der Waals surface area contributed by atoms with Gasteiger partial charge in [-0.3, -0.25) is 14.2 Å². The maximum atomic E-state index is 12.9. The topological polar surface area (TPSA) is 118 Å². The third-order valence-corrected chi connectivity index (χ3v) is 5.02. The molecule has 9 heteroatoms. The van der Waals surface area contributed by atoms with Crippen LogP contribution in [0.4, 0.5) is 0 Å². The third-order valence-electron chi connectivity index (χ3n) is 5.02. The number of aromatic nitrogens is 5. The maximum Gasteiger partial charge on any atom is 0.272 e. The molecule has 2 amide bonds. The lowest BCUT2D eigenvalue weighted by molar-refractivity contribution is -0.125. The molecule has 4 rings (SSSR count). The van der Waals surface area contributed by atoms with Crippen LogP contribution >= 0.6 is 0 Å². The van der Waals surface area contributed by atoms with Crippen LogP contribution < -0.4 is 10.6 Å². The van der Waals surface area contributed by atoms with Crippen molar-refractivity contribution in [3.63, 3.8) is 0 Å². The minimum Gasteiger partial charge on any atom is -0.359 e. The number of fused-ring (bicyclic) bond motifs is 1. The molecule has 0 aliphatic heterocycles. The summed E-state index contributed by atoms with van der Waals surface area (Å²) in [6, 6.07) is 1.85. The van der Waals surface area contributed by atoms with Crippen LogP contribution in [0.1, 0.15) is 36.2 Å². The molecule has 1 fully saturated rings. The number of carbonyl (C=O) groups excluding carboxylic acids is 2. The fourth-order valence-electron chi connectivity index (χ4n) is 3.55. The van der Waals surface area contributed by atoms with E-state index in [-0.39, 0.29) is 23.8 Å². The number of hydrogen-bond donors (Lipinski definition) is 3. The number of nitrogens with one attached hydrogen (secondary N) is 3. The summed E-state index contributed by atoms with van der Waals surface area (Å²) in [7, 11) is 1.66. The standard InChI is InChI=1S/C18H21N7O2/c1-19-16(26)11-2-4-12(5-3-11)22-17(27)15-14-13(6-7-21-14)23-18(24-15)25-9-8-20-10-25/h6-12,21H,2-5H2,1H3,(H,19,26)(H,22,27). The fraction of sp³-hybridized carbons (Fsp3) is 0.389. The first-order chi connectivity index (χ1) is 13.2. The molecule has 3 aromatic rings. The number of H-pyrrole nitrogens is 1. The molecule has 0 unspecified atom stereocenters. The van der Waals surface area contributed by atoms with Gasteiger partial charge in [0, 0.05) is 37.6 Å². The van der Waals surface area contributed by atoms with Crippen LogP contribution in [0, 0.1) is 5.92 Å². The fourth-order valence-corrected chi connectivity index (χ4v) is 3.55. The van der Waals surface area contributed by atoms with E-state index in [0.29, 0.717) is 22.7 Å². The van der Waals surface area contributed by atoms with Gasteiger partial charge >= 0.3 is 0 Å². The van der Waals surface area contributed by atoms with E-state index in [1.165, 1.54) is 0 Å². The van der Waals surface area contributed by atoms with Crippen LogP contribution in [0.5, 0.6) is 0 Å². The van der Waals surface area contributed by atoms with Crippen LogP contribution in [-0.4, -0.2) is 49.4 Å². The molecule has 27 heavy (non-hydrogen) atoms. The summed E-state index contributed by atoms with van der Waals surface area (Å²) in [5, 5.41) is 5.76. The van der Waals surface area contributed by atoms with Crippen molar-refractivity contribution in [1.82, 2.24) is 35.1 Å². The Morgan fingerprint density at radius 1 is 1.22 bits per heavy atom. The van der Waals surface area contributed by atoms with Gasteiger partial charge in [0.15, 0.2) is 5.69 Å². The molecule has 1 aliphatic rings. The van der Waals surface area contributed by atoms with Crippen molar-refractivity contribution < 1.29 is 9.59 Å². The molecule has 9 nitrogen and oxygen atoms in total. The van der Waals surface area contributed by atoms with E-state index in [9.17, 15) is 9.59 Å². The van der Waals surface area contributed by atoms with Gasteiger partial charge in [-0.2, -0.15) is 0 Å². The zero-order chi connectivity index (χ0) is 18.8. The Kier molecular flexibility index (Phi) is 4.57. The van der Waals surface area contributed by atoms with E-state index in [4.69, 9.17) is 0 Å². The number of imidazole rings is 1. The minimum absolute atomic E-state index is 0.0326. The SMILES string of the molecule is CNC(=O)C1CCC(NC(=O)c2nc(-n3ccnc3)nc3cc[nH]c23)CC1. The van der Waals surface area contributed by atoms with Crippen molar-refractivity contribution in [3.8, 4) is 5.95 Å². The Morgan fingerprint density at radius 3 is 2.74 bits per heavy atom. The molecule has 0 bridgehead atoms. The van der Waals surface area contributed by atoms with Gasteiger partial charge in [-0.15, -0.1) is 0 Å². The Morgan fingerprint density at radius 2 is 2.04 bits per heavy atom. The van der Waals surface area contributed by atoms with Gasteiger partial charge in [0.2, 0.25) is 11.9 Å². The first-order valence-corrected chi connectivity index (χ1v) is 9.01. The molecule has 140 valence electrons. The molecule has 0 atom stereocenters. The van der Waals surface area contributed by atoms with E-state index < -0.39 is 0 Å². The van der Waals surface area contributed by atoms with Crippen LogP contribution in [0.3, 0.4) is 0 Å². The van der Waals surface area contributed by atoms with Gasteiger partial charge in [-0.25, -0.2) is 15.0 Å². The average molecular weight is 367 g/mol. The smallest absolute Gasteiger partial charge is 0.272 e. The molecule has 0 spiro atoms. The average Bonchev–Trinajstić information content (AvgIpc) is 3.38. The molecule has 1 saturated carbocycles. The van der Waals surface area contributed by atoms with Gasteiger partial charge < -0.3 is 15.6 Å². The van der Waals surface area contributed by atoms with Crippen molar-refractivity contribution in [2.75, 3.05) is 7.05 Å². The summed E-state index contributed by atoms with van der Waals surface area (Å²) in [5.41, 5.74) is 1.58. The molecular formula is C18H21N7O2. The van der Waals surface area contributed by atoms with Crippen molar-refractivity contribution >= 4 is 22.8 Å². The molecular weight excluding hydrogens is 346 g/mol. The Labute approximate surface area is 155 Å². The normalized spacial score (nSPS) is 19.7. The van der Waals surface area contributed by atoms with E-state index in [0.717, 1.165) is 25.7 Å². The second-order valence-electron chi connectivity index (χ2n) is 6.72. The molecule has 0 radical (unpaired) electrons. The van der Waals surface area contributed by atoms with Gasteiger partial charge in [-0.1, -0.05) is 0 Å². The predicted octanol–water partition coefficient (Wildman–Crippen LogP) is 1.18. The summed E-state index contributed by atoms with van der Waals surface area (Å²) in [5.74, 6) is 0.265. The number of hydrogen-bond acceptors (Lipinski definition) is 5. The monoisotopic (exact) mass is 367 g/mol. The molecule has 3 aromatic heterocycles. The van der Waals surface area contributed by atoms with Gasteiger partial charge in [0.1, 0.15) is 6.33 Å². The molecule has 3 N–H and O–H groups in total. The van der Waals surface area contributed by atoms with Crippen LogP contribution in [0.2, 0.25) is 0 Å². The molecule has 1 aliphatic carbocycles. The van der Waals surface area contributed by atoms with Crippen LogP contribution in [-0.2, 0) is 4.79 Å². The van der Waals surface area contributed by atoms with Gasteiger partial charge in [-0.05, 0) is 31.7 Å². The van der Waals surface area contributed by atoms with Crippen LogP contribution in [0.25, 0.3) is 17.0 Å². The number of aromatic amines is 1. The second-order valence-corrected chi connectivity index (χ2v) is 6.72. The number of amides is 2. The quantitative estimate of drug-likeness (QED) is 0.640.